The zero-order valence-electron chi connectivity index (χ0n) is 15.9. The average Bonchev–Trinajstić information content (AvgIpc) is 3.25. The Balaban J connectivity index is 1.50. The van der Waals surface area contributed by atoms with Gasteiger partial charge in [0.2, 0.25) is 0 Å². The van der Waals surface area contributed by atoms with Gasteiger partial charge in [0.05, 0.1) is 17.7 Å². The number of ether oxygens (including phenoxy) is 2. The first kappa shape index (κ1) is 20.4. The number of nitrogens with one attached hydrogen (secondary N) is 1. The molecule has 1 fully saturated rings. The number of rotatable bonds is 8. The van der Waals surface area contributed by atoms with E-state index in [1.807, 2.05) is 49.4 Å². The first-order valence-corrected chi connectivity index (χ1v) is 10.5. The predicted molar refractivity (Wildman–Crippen MR) is 109 cm³/mol. The summed E-state index contributed by atoms with van der Waals surface area (Å²) in [5.41, 5.74) is 1.48. The Labute approximate surface area is 169 Å². The summed E-state index contributed by atoms with van der Waals surface area (Å²) in [6.07, 6.45) is 2.38. The summed E-state index contributed by atoms with van der Waals surface area (Å²) in [4.78, 5) is 25.5. The van der Waals surface area contributed by atoms with Crippen molar-refractivity contribution in [3.05, 3.63) is 65.7 Å². The lowest BCUT2D eigenvalue weighted by Crippen LogP contribution is -2.31. The van der Waals surface area contributed by atoms with Crippen LogP contribution in [0.3, 0.4) is 0 Å². The summed E-state index contributed by atoms with van der Waals surface area (Å²) >= 11 is 1.59. The van der Waals surface area contributed by atoms with E-state index in [0.717, 1.165) is 35.7 Å². The maximum atomic E-state index is 12.5. The predicted octanol–water partition coefficient (Wildman–Crippen LogP) is 3.99. The molecule has 1 heterocycles. The van der Waals surface area contributed by atoms with Crippen LogP contribution in [0.4, 0.5) is 0 Å². The van der Waals surface area contributed by atoms with Gasteiger partial charge in [-0.3, -0.25) is 4.79 Å². The van der Waals surface area contributed by atoms with E-state index in [2.05, 4.69) is 5.32 Å². The van der Waals surface area contributed by atoms with Crippen molar-refractivity contribution in [1.82, 2.24) is 5.32 Å². The van der Waals surface area contributed by atoms with E-state index in [9.17, 15) is 9.59 Å². The van der Waals surface area contributed by atoms with Crippen molar-refractivity contribution in [2.75, 3.05) is 19.0 Å². The Kier molecular flexibility index (Phi) is 7.51. The van der Waals surface area contributed by atoms with Crippen LogP contribution in [0.5, 0.6) is 0 Å². The van der Waals surface area contributed by atoms with Crippen molar-refractivity contribution in [1.29, 1.82) is 0 Å². The molecule has 3 rings (SSSR count). The molecule has 1 aliphatic heterocycles. The van der Waals surface area contributed by atoms with Gasteiger partial charge in [0.25, 0.3) is 5.91 Å². The molecule has 6 heteroatoms. The van der Waals surface area contributed by atoms with Crippen LogP contribution in [0.25, 0.3) is 0 Å². The molecule has 0 saturated carbocycles. The van der Waals surface area contributed by atoms with Crippen LogP contribution in [0.2, 0.25) is 0 Å². The molecule has 0 radical (unpaired) electrons. The van der Waals surface area contributed by atoms with E-state index >= 15 is 0 Å². The molecule has 2 atom stereocenters. The molecule has 5 nitrogen and oxygen atoms in total. The van der Waals surface area contributed by atoms with E-state index in [1.54, 1.807) is 23.9 Å². The lowest BCUT2D eigenvalue weighted by molar-refractivity contribution is -0.124. The van der Waals surface area contributed by atoms with Crippen LogP contribution < -0.4 is 5.32 Å². The monoisotopic (exact) mass is 399 g/mol. The van der Waals surface area contributed by atoms with Crippen LogP contribution in [0.1, 0.15) is 41.7 Å². The average molecular weight is 400 g/mol. The molecule has 0 aromatic heterocycles. The fourth-order valence-corrected chi connectivity index (χ4v) is 4.15. The Bertz CT molecular complexity index is 790. The smallest absolute Gasteiger partial charge is 0.339 e. The van der Waals surface area contributed by atoms with Gasteiger partial charge in [-0.05, 0) is 37.5 Å². The van der Waals surface area contributed by atoms with Gasteiger partial charge in [0, 0.05) is 17.3 Å². The van der Waals surface area contributed by atoms with Crippen molar-refractivity contribution < 1.29 is 19.1 Å². The first-order chi connectivity index (χ1) is 13.6. The molecule has 0 spiro atoms. The third-order valence-corrected chi connectivity index (χ3v) is 5.77. The number of hydrogen-bond donors (Lipinski definition) is 1. The van der Waals surface area contributed by atoms with E-state index < -0.39 is 5.97 Å². The lowest BCUT2D eigenvalue weighted by Gasteiger charge is -2.15. The summed E-state index contributed by atoms with van der Waals surface area (Å²) in [7, 11) is 0. The van der Waals surface area contributed by atoms with E-state index in [4.69, 9.17) is 9.47 Å². The van der Waals surface area contributed by atoms with E-state index in [-0.39, 0.29) is 24.7 Å². The molecular formula is C22H25NO4S. The molecule has 28 heavy (non-hydrogen) atoms. The second kappa shape index (κ2) is 10.3. The van der Waals surface area contributed by atoms with Crippen LogP contribution >= 0.6 is 11.8 Å². The fourth-order valence-electron chi connectivity index (χ4n) is 3.04. The maximum absolute atomic E-state index is 12.5. The maximum Gasteiger partial charge on any atom is 0.339 e. The minimum atomic E-state index is -0.488. The highest BCUT2D eigenvalue weighted by molar-refractivity contribution is 7.99. The molecule has 1 N–H and O–H groups in total. The van der Waals surface area contributed by atoms with Crippen molar-refractivity contribution in [2.45, 2.75) is 36.8 Å². The minimum absolute atomic E-state index is 0.151. The van der Waals surface area contributed by atoms with Gasteiger partial charge < -0.3 is 14.8 Å². The van der Waals surface area contributed by atoms with Crippen molar-refractivity contribution in [2.24, 2.45) is 0 Å². The second-order valence-electron chi connectivity index (χ2n) is 6.72. The number of esters is 1. The van der Waals surface area contributed by atoms with Gasteiger partial charge in [-0.2, -0.15) is 0 Å². The number of benzene rings is 2. The molecule has 1 aliphatic rings. The highest BCUT2D eigenvalue weighted by Crippen LogP contribution is 2.27. The molecule has 1 amide bonds. The molecule has 148 valence electrons. The molecular weight excluding hydrogens is 374 g/mol. The van der Waals surface area contributed by atoms with Crippen LogP contribution in [0.15, 0.2) is 59.5 Å². The van der Waals surface area contributed by atoms with Gasteiger partial charge in [-0.15, -0.1) is 11.8 Å². The summed E-state index contributed by atoms with van der Waals surface area (Å²) in [5.74, 6) is -0.00790. The summed E-state index contributed by atoms with van der Waals surface area (Å²) in [6.45, 7) is 2.40. The highest BCUT2D eigenvalue weighted by Gasteiger charge is 2.19. The third-order valence-electron chi connectivity index (χ3n) is 4.57. The van der Waals surface area contributed by atoms with Crippen molar-refractivity contribution in [3.63, 3.8) is 0 Å². The number of amides is 1. The summed E-state index contributed by atoms with van der Waals surface area (Å²) in [6, 6.07) is 16.8. The van der Waals surface area contributed by atoms with Gasteiger partial charge in [-0.25, -0.2) is 4.79 Å². The van der Waals surface area contributed by atoms with Crippen molar-refractivity contribution >= 4 is 23.6 Å². The topological polar surface area (TPSA) is 64.6 Å². The van der Waals surface area contributed by atoms with E-state index in [1.165, 1.54) is 0 Å². The first-order valence-electron chi connectivity index (χ1n) is 9.48. The molecule has 2 aromatic rings. The molecule has 0 aliphatic carbocycles. The SMILES string of the molecule is C[C@@H](NC(=O)COC(=O)c1ccccc1SC[C@@H]1CCCO1)c1ccccc1. The van der Waals surface area contributed by atoms with E-state index in [0.29, 0.717) is 5.56 Å². The van der Waals surface area contributed by atoms with Crippen LogP contribution in [-0.2, 0) is 14.3 Å². The quantitative estimate of drug-likeness (QED) is 0.537. The zero-order valence-corrected chi connectivity index (χ0v) is 16.7. The van der Waals surface area contributed by atoms with Crippen LogP contribution in [0, 0.1) is 0 Å². The van der Waals surface area contributed by atoms with Gasteiger partial charge in [0.1, 0.15) is 0 Å². The minimum Gasteiger partial charge on any atom is -0.452 e. The Morgan fingerprint density at radius 3 is 2.68 bits per heavy atom. The Hall–Kier alpha value is -2.31. The van der Waals surface area contributed by atoms with Gasteiger partial charge in [0.15, 0.2) is 6.61 Å². The lowest BCUT2D eigenvalue weighted by atomic mass is 10.1. The highest BCUT2D eigenvalue weighted by atomic mass is 32.2. The largest absolute Gasteiger partial charge is 0.452 e. The number of thioether (sulfide) groups is 1. The van der Waals surface area contributed by atoms with Crippen molar-refractivity contribution in [3.8, 4) is 0 Å². The number of hydrogen-bond acceptors (Lipinski definition) is 5. The molecule has 1 saturated heterocycles. The summed E-state index contributed by atoms with van der Waals surface area (Å²) < 4.78 is 10.9. The summed E-state index contributed by atoms with van der Waals surface area (Å²) in [5, 5.41) is 2.84. The fraction of sp³-hybridized carbons (Fsp3) is 0.364. The van der Waals surface area contributed by atoms with Gasteiger partial charge >= 0.3 is 5.97 Å². The normalized spacial score (nSPS) is 17.1. The number of carbonyl (C=O) groups excluding carboxylic acids is 2. The Morgan fingerprint density at radius 2 is 1.93 bits per heavy atom. The molecule has 0 bridgehead atoms. The Morgan fingerprint density at radius 1 is 1.18 bits per heavy atom. The zero-order chi connectivity index (χ0) is 19.8. The third kappa shape index (κ3) is 5.84. The standard InChI is InChI=1S/C22H25NO4S/c1-16(17-8-3-2-4-9-17)23-21(24)14-27-22(25)19-11-5-6-12-20(19)28-15-18-10-7-13-26-18/h2-6,8-9,11-12,16,18H,7,10,13-15H2,1H3,(H,23,24)/t16-,18+/m1/s1. The second-order valence-corrected chi connectivity index (χ2v) is 7.78. The molecule has 0 unspecified atom stereocenters. The number of carbonyl (C=O) groups is 2. The van der Waals surface area contributed by atoms with Gasteiger partial charge in [-0.1, -0.05) is 42.5 Å². The van der Waals surface area contributed by atoms with Crippen LogP contribution in [-0.4, -0.2) is 36.9 Å². The molecule has 2 aromatic carbocycles.